The molecule has 0 radical (unpaired) electrons. The Morgan fingerprint density at radius 1 is 1.36 bits per heavy atom. The van der Waals surface area contributed by atoms with Crippen LogP contribution in [-0.2, 0) is 47.8 Å². The molecule has 0 aliphatic carbocycles. The van der Waals surface area contributed by atoms with Gasteiger partial charge in [-0.2, -0.15) is 4.98 Å². The first kappa shape index (κ1) is 28.4. The lowest BCUT2D eigenvalue weighted by Crippen LogP contribution is -2.29. The minimum Gasteiger partial charge on any atom is -0.369 e. The van der Waals surface area contributed by atoms with Gasteiger partial charge < -0.3 is 33.1 Å². The Bertz CT molecular complexity index is 1590. The number of rotatable bonds is 11. The molecule has 3 N–H and O–H groups in total. The van der Waals surface area contributed by atoms with E-state index < -0.39 is 35.9 Å². The molecule has 0 amide bonds. The van der Waals surface area contributed by atoms with Crippen molar-refractivity contribution in [3.63, 3.8) is 0 Å². The third-order valence-corrected chi connectivity index (χ3v) is 8.44. The van der Waals surface area contributed by atoms with Crippen molar-refractivity contribution in [2.24, 2.45) is 0 Å². The summed E-state index contributed by atoms with van der Waals surface area (Å²) in [6, 6.07) is 0. The van der Waals surface area contributed by atoms with Crippen molar-refractivity contribution in [1.82, 2.24) is 39.0 Å². The molecule has 15 nitrogen and oxygen atoms in total. The standard InChI is InChI=1S/C19H24FN9O6P2S2/c1-9-12(20)14(18(34-9)29-8-24-13-16(29)26-19(21)27-17(13)30)35-37(38,39)33-6-11-25-10-5-22-7-23-15(10)28(11)3-4-32-36-31-2/h5,7-9,12,14,18,36H,3-4,6H2,1-2H3,(H,38,39)(H3,21,26,27,30)/t9-,12-,14-,18-/m1/s1. The van der Waals surface area contributed by atoms with Crippen LogP contribution in [0.2, 0.25) is 0 Å². The third kappa shape index (κ3) is 5.99. The number of aromatic nitrogens is 8. The molecule has 2 unspecified atom stereocenters. The molecule has 1 aliphatic rings. The Morgan fingerprint density at radius 2 is 2.18 bits per heavy atom. The van der Waals surface area contributed by atoms with Crippen molar-refractivity contribution in [2.75, 3.05) is 19.5 Å². The number of H-pyrrole nitrogens is 1. The van der Waals surface area contributed by atoms with Gasteiger partial charge in [0, 0.05) is 13.7 Å². The zero-order chi connectivity index (χ0) is 27.7. The molecule has 4 aromatic rings. The van der Waals surface area contributed by atoms with Crippen molar-refractivity contribution in [1.29, 1.82) is 0 Å². The smallest absolute Gasteiger partial charge is 0.280 e. The van der Waals surface area contributed by atoms with E-state index in [2.05, 4.69) is 42.2 Å². The first-order valence-corrected chi connectivity index (χ1v) is 16.0. The second-order valence-electron chi connectivity index (χ2n) is 8.31. The molecule has 1 saturated heterocycles. The van der Waals surface area contributed by atoms with Crippen LogP contribution in [0.3, 0.4) is 0 Å². The van der Waals surface area contributed by atoms with E-state index in [0.717, 1.165) is 0 Å². The molecule has 4 aromatic heterocycles. The summed E-state index contributed by atoms with van der Waals surface area (Å²) in [4.78, 5) is 35.6. The number of thiol groups is 1. The van der Waals surface area contributed by atoms with Crippen LogP contribution in [0.1, 0.15) is 19.0 Å². The minimum atomic E-state index is -3.37. The van der Waals surface area contributed by atoms with Gasteiger partial charge >= 0.3 is 0 Å². The summed E-state index contributed by atoms with van der Waals surface area (Å²) in [6.45, 7) is 2.19. The number of hydrogen-bond donors (Lipinski definition) is 3. The molecular formula is C19H24FN9O6P2S2. The molecule has 20 heteroatoms. The van der Waals surface area contributed by atoms with Crippen LogP contribution < -0.4 is 11.3 Å². The molecule has 0 spiro atoms. The van der Waals surface area contributed by atoms with Gasteiger partial charge in [-0.05, 0) is 18.7 Å². The lowest BCUT2D eigenvalue weighted by molar-refractivity contribution is -0.0227. The molecular weight excluding hydrogens is 595 g/mol. The molecule has 210 valence electrons. The summed E-state index contributed by atoms with van der Waals surface area (Å²) >= 11 is 9.96. The van der Waals surface area contributed by atoms with Crippen molar-refractivity contribution >= 4 is 67.1 Å². The van der Waals surface area contributed by atoms with Gasteiger partial charge in [0.15, 0.2) is 38.2 Å². The van der Waals surface area contributed by atoms with Crippen LogP contribution in [-0.4, -0.2) is 71.1 Å². The molecule has 6 atom stereocenters. The fraction of sp³-hybridized carbons (Fsp3) is 0.474. The fourth-order valence-electron chi connectivity index (χ4n) is 4.09. The van der Waals surface area contributed by atoms with Gasteiger partial charge in [0.25, 0.3) is 5.56 Å². The summed E-state index contributed by atoms with van der Waals surface area (Å²) in [5.74, 6) is 0.350. The zero-order valence-electron chi connectivity index (χ0n) is 20.5. The Morgan fingerprint density at radius 3 is 2.97 bits per heavy atom. The summed E-state index contributed by atoms with van der Waals surface area (Å²) in [5.41, 5.74) is 3.04. The van der Waals surface area contributed by atoms with E-state index in [1.54, 1.807) is 24.8 Å². The summed E-state index contributed by atoms with van der Waals surface area (Å²) in [5, 5.41) is 0. The van der Waals surface area contributed by atoms with Crippen LogP contribution >= 0.6 is 27.0 Å². The number of imidazole rings is 2. The Labute approximate surface area is 232 Å². The van der Waals surface area contributed by atoms with Crippen LogP contribution in [0.4, 0.5) is 10.3 Å². The number of nitrogens with zero attached hydrogens (tertiary/aromatic N) is 7. The zero-order valence-corrected chi connectivity index (χ0v) is 24.1. The maximum absolute atomic E-state index is 15.3. The average Bonchev–Trinajstić information content (AvgIpc) is 3.55. The van der Waals surface area contributed by atoms with Crippen molar-refractivity contribution in [2.45, 2.75) is 44.7 Å². The quantitative estimate of drug-likeness (QED) is 0.126. The van der Waals surface area contributed by atoms with Gasteiger partial charge in [0.2, 0.25) is 11.6 Å². The number of nitrogens with one attached hydrogen (secondary N) is 1. The highest BCUT2D eigenvalue weighted by molar-refractivity contribution is 8.60. The number of halogens is 1. The number of anilines is 1. The summed E-state index contributed by atoms with van der Waals surface area (Å²) < 4.78 is 46.5. The molecule has 1 fully saturated rings. The maximum Gasteiger partial charge on any atom is 0.280 e. The van der Waals surface area contributed by atoms with Crippen LogP contribution in [0.15, 0.2) is 23.6 Å². The predicted molar refractivity (Wildman–Crippen MR) is 147 cm³/mol. The first-order chi connectivity index (χ1) is 18.7. The lowest BCUT2D eigenvalue weighted by Gasteiger charge is -2.26. The van der Waals surface area contributed by atoms with Gasteiger partial charge in [0.05, 0.1) is 25.2 Å². The summed E-state index contributed by atoms with van der Waals surface area (Å²) in [7, 11) is 1.44. The number of ether oxygens (including phenoxy) is 1. The van der Waals surface area contributed by atoms with Crippen LogP contribution in [0.5, 0.6) is 0 Å². The normalized spacial score (nSPS) is 23.4. The minimum absolute atomic E-state index is 0.0140. The Kier molecular flexibility index (Phi) is 8.56. The molecule has 0 bridgehead atoms. The number of alkyl halides is 1. The van der Waals surface area contributed by atoms with E-state index in [1.165, 1.54) is 17.2 Å². The van der Waals surface area contributed by atoms with Gasteiger partial charge in [0.1, 0.15) is 30.4 Å². The van der Waals surface area contributed by atoms with Crippen molar-refractivity contribution in [3.05, 3.63) is 35.0 Å². The first-order valence-electron chi connectivity index (χ1n) is 11.4. The topological polar surface area (TPSA) is 179 Å². The molecule has 39 heavy (non-hydrogen) atoms. The van der Waals surface area contributed by atoms with Gasteiger partial charge in [-0.15, -0.1) is 0 Å². The van der Waals surface area contributed by atoms with E-state index in [-0.39, 0.29) is 32.8 Å². The molecule has 0 aromatic carbocycles. The highest BCUT2D eigenvalue weighted by Crippen LogP contribution is 2.57. The second kappa shape index (κ2) is 11.8. The number of nitrogens with two attached hydrogens (primary N) is 1. The molecule has 5 heterocycles. The lowest BCUT2D eigenvalue weighted by atomic mass is 10.2. The largest absolute Gasteiger partial charge is 0.369 e. The van der Waals surface area contributed by atoms with Crippen molar-refractivity contribution in [3.8, 4) is 0 Å². The van der Waals surface area contributed by atoms with Gasteiger partial charge in [-0.3, -0.25) is 14.3 Å². The van der Waals surface area contributed by atoms with E-state index in [9.17, 15) is 4.79 Å². The van der Waals surface area contributed by atoms with Crippen LogP contribution in [0, 0.1) is 0 Å². The van der Waals surface area contributed by atoms with E-state index >= 15 is 4.39 Å². The molecule has 1 aliphatic heterocycles. The number of nitrogen functional groups attached to an aromatic ring is 1. The monoisotopic (exact) mass is 619 g/mol. The highest BCUT2D eigenvalue weighted by atomic mass is 32.9. The maximum atomic E-state index is 15.3. The number of hydrogen-bond acceptors (Lipinski definition) is 13. The number of aromatic amines is 1. The molecule has 0 saturated carbocycles. The summed E-state index contributed by atoms with van der Waals surface area (Å²) in [6.07, 6.45) is -0.477. The second-order valence-corrected chi connectivity index (χ2v) is 14.4. The highest BCUT2D eigenvalue weighted by Gasteiger charge is 2.47. The Hall–Kier alpha value is -2.14. The van der Waals surface area contributed by atoms with E-state index in [4.69, 9.17) is 40.4 Å². The average molecular weight is 620 g/mol. The van der Waals surface area contributed by atoms with Crippen LogP contribution in [0.25, 0.3) is 22.3 Å². The van der Waals surface area contributed by atoms with E-state index in [0.29, 0.717) is 30.1 Å². The third-order valence-electron chi connectivity index (χ3n) is 5.78. The SMILES string of the molecule is COPOCCn1c(COP(=S)(S)O[C@@H]2[C@H](F)[C@@H](C)O[C@H]2n2cnc3c(=O)[nH]c(N)nc32)nc2cncnc21. The fourth-order valence-corrected chi connectivity index (χ4v) is 6.21. The number of fused-ring (bicyclic) bond motifs is 2. The Balaban J connectivity index is 1.36. The van der Waals surface area contributed by atoms with Gasteiger partial charge in [-0.25, -0.2) is 24.3 Å². The molecule has 5 rings (SSSR count). The van der Waals surface area contributed by atoms with Gasteiger partial charge in [-0.1, -0.05) is 12.2 Å². The predicted octanol–water partition coefficient (Wildman–Crippen LogP) is 2.02. The van der Waals surface area contributed by atoms with E-state index in [1.807, 2.05) is 0 Å². The van der Waals surface area contributed by atoms with Crippen molar-refractivity contribution < 1.29 is 27.2 Å².